The van der Waals surface area contributed by atoms with Crippen LogP contribution in [-0.2, 0) is 9.59 Å². The average Bonchev–Trinajstić information content (AvgIpc) is 3.13. The van der Waals surface area contributed by atoms with Crippen molar-refractivity contribution in [3.05, 3.63) is 53.2 Å². The molecular weight excluding hydrogens is 330 g/mol. The van der Waals surface area contributed by atoms with Crippen molar-refractivity contribution in [2.75, 3.05) is 19.0 Å². The van der Waals surface area contributed by atoms with E-state index < -0.39 is 11.8 Å². The highest BCUT2D eigenvalue weighted by Gasteiger charge is 2.33. The summed E-state index contributed by atoms with van der Waals surface area (Å²) in [4.78, 5) is 30.9. The number of ether oxygens (including phenoxy) is 1. The third-order valence-corrected chi connectivity index (χ3v) is 4.84. The molecular formula is C20H23N3O3. The molecule has 2 heterocycles. The summed E-state index contributed by atoms with van der Waals surface area (Å²) in [6, 6.07) is 9.47. The van der Waals surface area contributed by atoms with Gasteiger partial charge in [-0.1, -0.05) is 18.2 Å². The van der Waals surface area contributed by atoms with Gasteiger partial charge in [0.1, 0.15) is 5.69 Å². The number of nitrogens with zero attached hydrogens (tertiary/aromatic N) is 2. The first kappa shape index (κ1) is 17.9. The molecule has 6 heteroatoms. The number of anilines is 1. The largest absolute Gasteiger partial charge is 0.480 e. The number of nitrogens with one attached hydrogen (secondary N) is 1. The van der Waals surface area contributed by atoms with Crippen molar-refractivity contribution in [3.63, 3.8) is 0 Å². The van der Waals surface area contributed by atoms with Crippen molar-refractivity contribution in [2.24, 2.45) is 0 Å². The molecule has 2 aromatic rings. The molecule has 3 rings (SSSR count). The monoisotopic (exact) mass is 353 g/mol. The van der Waals surface area contributed by atoms with Gasteiger partial charge < -0.3 is 15.0 Å². The van der Waals surface area contributed by atoms with Gasteiger partial charge in [-0.05, 0) is 55.5 Å². The predicted octanol–water partition coefficient (Wildman–Crippen LogP) is 3.01. The van der Waals surface area contributed by atoms with Crippen LogP contribution in [0.5, 0.6) is 5.88 Å². The number of aromatic nitrogens is 1. The van der Waals surface area contributed by atoms with Crippen LogP contribution in [0.2, 0.25) is 0 Å². The molecule has 136 valence electrons. The summed E-state index contributed by atoms with van der Waals surface area (Å²) in [5.41, 5.74) is 3.86. The maximum atomic E-state index is 12.7. The molecule has 1 saturated heterocycles. The molecule has 1 atom stereocenters. The zero-order valence-corrected chi connectivity index (χ0v) is 15.3. The number of carbonyl (C=O) groups is 2. The normalized spacial score (nSPS) is 16.4. The number of hydrogen-bond donors (Lipinski definition) is 1. The SMILES string of the molecule is COc1ncccc1NC(=O)C(=O)N1CCC[C@H]1c1ccc(C)c(C)c1. The molecule has 0 unspecified atom stereocenters. The first-order valence-corrected chi connectivity index (χ1v) is 8.69. The number of methoxy groups -OCH3 is 1. The fourth-order valence-corrected chi connectivity index (χ4v) is 3.28. The zero-order valence-electron chi connectivity index (χ0n) is 15.3. The van der Waals surface area contributed by atoms with Crippen molar-refractivity contribution >= 4 is 17.5 Å². The first-order chi connectivity index (χ1) is 12.5. The van der Waals surface area contributed by atoms with Crippen molar-refractivity contribution in [1.29, 1.82) is 0 Å². The van der Waals surface area contributed by atoms with E-state index in [1.54, 1.807) is 23.2 Å². The van der Waals surface area contributed by atoms with Gasteiger partial charge in [-0.25, -0.2) is 4.98 Å². The summed E-state index contributed by atoms with van der Waals surface area (Å²) >= 11 is 0. The summed E-state index contributed by atoms with van der Waals surface area (Å²) in [5.74, 6) is -0.926. The summed E-state index contributed by atoms with van der Waals surface area (Å²) < 4.78 is 5.12. The third kappa shape index (κ3) is 3.54. The van der Waals surface area contributed by atoms with Crippen molar-refractivity contribution in [2.45, 2.75) is 32.7 Å². The lowest BCUT2D eigenvalue weighted by Gasteiger charge is -2.25. The van der Waals surface area contributed by atoms with Crippen LogP contribution < -0.4 is 10.1 Å². The minimum absolute atomic E-state index is 0.0663. The highest BCUT2D eigenvalue weighted by Crippen LogP contribution is 2.33. The Bertz CT molecular complexity index is 835. The van der Waals surface area contributed by atoms with Crippen molar-refractivity contribution in [3.8, 4) is 5.88 Å². The molecule has 0 spiro atoms. The number of amides is 2. The van der Waals surface area contributed by atoms with E-state index in [2.05, 4.69) is 36.3 Å². The summed E-state index contributed by atoms with van der Waals surface area (Å²) in [6.45, 7) is 4.70. The Hall–Kier alpha value is -2.89. The highest BCUT2D eigenvalue weighted by molar-refractivity contribution is 6.39. The molecule has 1 aromatic heterocycles. The smallest absolute Gasteiger partial charge is 0.314 e. The predicted molar refractivity (Wildman–Crippen MR) is 99.0 cm³/mol. The molecule has 1 fully saturated rings. The van der Waals surface area contributed by atoms with Crippen LogP contribution in [0.25, 0.3) is 0 Å². The second kappa shape index (κ2) is 7.56. The molecule has 1 N–H and O–H groups in total. The van der Waals surface area contributed by atoms with Crippen LogP contribution in [0.15, 0.2) is 36.5 Å². The number of pyridine rings is 1. The Morgan fingerprint density at radius 2 is 2.04 bits per heavy atom. The standard InChI is InChI=1S/C20H23N3O3/c1-13-8-9-15(12-14(13)2)17-7-5-11-23(17)20(25)18(24)22-16-6-4-10-21-19(16)26-3/h4,6,8-10,12,17H,5,7,11H2,1-3H3,(H,22,24)/t17-/m0/s1. The van der Waals surface area contributed by atoms with E-state index in [-0.39, 0.29) is 11.9 Å². The van der Waals surface area contributed by atoms with E-state index in [9.17, 15) is 9.59 Å². The molecule has 2 amide bonds. The lowest BCUT2D eigenvalue weighted by Crippen LogP contribution is -2.39. The van der Waals surface area contributed by atoms with E-state index >= 15 is 0 Å². The molecule has 0 radical (unpaired) electrons. The molecule has 1 aliphatic rings. The summed E-state index contributed by atoms with van der Waals surface area (Å²) in [6.07, 6.45) is 3.30. The van der Waals surface area contributed by atoms with E-state index in [4.69, 9.17) is 4.74 Å². The Kier molecular flexibility index (Phi) is 5.21. The Balaban J connectivity index is 1.77. The van der Waals surface area contributed by atoms with Gasteiger partial charge >= 0.3 is 11.8 Å². The van der Waals surface area contributed by atoms with Gasteiger partial charge in [-0.2, -0.15) is 0 Å². The van der Waals surface area contributed by atoms with Gasteiger partial charge in [0.2, 0.25) is 5.88 Å². The number of aryl methyl sites for hydroxylation is 2. The maximum absolute atomic E-state index is 12.7. The molecule has 0 aliphatic carbocycles. The average molecular weight is 353 g/mol. The number of rotatable bonds is 3. The quantitative estimate of drug-likeness (QED) is 0.861. The van der Waals surface area contributed by atoms with Gasteiger partial charge in [0.05, 0.1) is 13.2 Å². The van der Waals surface area contributed by atoms with Gasteiger partial charge in [-0.3, -0.25) is 9.59 Å². The Morgan fingerprint density at radius 1 is 1.23 bits per heavy atom. The van der Waals surface area contributed by atoms with Crippen LogP contribution >= 0.6 is 0 Å². The molecule has 1 aromatic carbocycles. The van der Waals surface area contributed by atoms with E-state index in [0.717, 1.165) is 18.4 Å². The topological polar surface area (TPSA) is 71.5 Å². The van der Waals surface area contributed by atoms with Crippen LogP contribution in [0, 0.1) is 13.8 Å². The van der Waals surface area contributed by atoms with E-state index in [0.29, 0.717) is 12.2 Å². The molecule has 0 saturated carbocycles. The van der Waals surface area contributed by atoms with Gasteiger partial charge in [0.15, 0.2) is 0 Å². The fraction of sp³-hybridized carbons (Fsp3) is 0.350. The number of benzene rings is 1. The fourth-order valence-electron chi connectivity index (χ4n) is 3.28. The summed E-state index contributed by atoms with van der Waals surface area (Å²) in [5, 5.41) is 2.61. The van der Waals surface area contributed by atoms with Gasteiger partial charge in [-0.15, -0.1) is 0 Å². The second-order valence-corrected chi connectivity index (χ2v) is 6.51. The van der Waals surface area contributed by atoms with Crippen molar-refractivity contribution < 1.29 is 14.3 Å². The number of likely N-dealkylation sites (tertiary alicyclic amines) is 1. The summed E-state index contributed by atoms with van der Waals surface area (Å²) in [7, 11) is 1.47. The number of carbonyl (C=O) groups excluding carboxylic acids is 2. The van der Waals surface area contributed by atoms with E-state index in [1.807, 2.05) is 6.07 Å². The van der Waals surface area contributed by atoms with Crippen LogP contribution in [0.3, 0.4) is 0 Å². The van der Waals surface area contributed by atoms with Gasteiger partial charge in [0, 0.05) is 12.7 Å². The maximum Gasteiger partial charge on any atom is 0.314 e. The molecule has 1 aliphatic heterocycles. The minimum atomic E-state index is -0.674. The van der Waals surface area contributed by atoms with Crippen molar-refractivity contribution in [1.82, 2.24) is 9.88 Å². The Morgan fingerprint density at radius 3 is 2.77 bits per heavy atom. The van der Waals surface area contributed by atoms with Gasteiger partial charge in [0.25, 0.3) is 0 Å². The third-order valence-electron chi connectivity index (χ3n) is 4.84. The first-order valence-electron chi connectivity index (χ1n) is 8.69. The lowest BCUT2D eigenvalue weighted by molar-refractivity contribution is -0.143. The zero-order chi connectivity index (χ0) is 18.7. The molecule has 0 bridgehead atoms. The van der Waals surface area contributed by atoms with E-state index in [1.165, 1.54) is 18.2 Å². The Labute approximate surface area is 153 Å². The second-order valence-electron chi connectivity index (χ2n) is 6.51. The minimum Gasteiger partial charge on any atom is -0.480 e. The lowest BCUT2D eigenvalue weighted by atomic mass is 9.99. The molecule has 6 nitrogen and oxygen atoms in total. The van der Waals surface area contributed by atoms with Crippen LogP contribution in [0.4, 0.5) is 5.69 Å². The number of hydrogen-bond acceptors (Lipinski definition) is 4. The van der Waals surface area contributed by atoms with Crippen LogP contribution in [0.1, 0.15) is 35.6 Å². The molecule has 26 heavy (non-hydrogen) atoms. The highest BCUT2D eigenvalue weighted by atomic mass is 16.5. The van der Waals surface area contributed by atoms with Crippen LogP contribution in [-0.4, -0.2) is 35.4 Å².